The molecular formula is C46H51N5O8. The molecule has 2 unspecified atom stereocenters. The van der Waals surface area contributed by atoms with E-state index in [-0.39, 0.29) is 25.2 Å². The molecule has 3 aromatic heterocycles. The molecule has 4 aliphatic heterocycles. The fourth-order valence-electron chi connectivity index (χ4n) is 8.86. The molecule has 2 atom stereocenters. The third kappa shape index (κ3) is 7.61. The lowest BCUT2D eigenvalue weighted by Gasteiger charge is -2.30. The van der Waals surface area contributed by atoms with Gasteiger partial charge in [-0.2, -0.15) is 0 Å². The first kappa shape index (κ1) is 40.9. The van der Waals surface area contributed by atoms with Gasteiger partial charge in [-0.05, 0) is 134 Å². The highest BCUT2D eigenvalue weighted by Gasteiger charge is 2.44. The average Bonchev–Trinajstić information content (AvgIpc) is 4.03. The van der Waals surface area contributed by atoms with E-state index >= 15 is 0 Å². The summed E-state index contributed by atoms with van der Waals surface area (Å²) >= 11 is 0. The molecule has 0 aliphatic carbocycles. The molecule has 0 saturated heterocycles. The first-order valence-electron chi connectivity index (χ1n) is 20.2. The van der Waals surface area contributed by atoms with Crippen molar-refractivity contribution < 1.29 is 38.1 Å². The van der Waals surface area contributed by atoms with Gasteiger partial charge in [0.2, 0.25) is 0 Å². The van der Waals surface area contributed by atoms with Crippen molar-refractivity contribution in [2.45, 2.75) is 92.2 Å². The summed E-state index contributed by atoms with van der Waals surface area (Å²) in [5.41, 5.74) is 11.2. The van der Waals surface area contributed by atoms with E-state index in [1.165, 1.54) is 28.1 Å². The standard InChI is InChI=1S/C46H51N5O8/c1-9-31-32(10-2)38-24-42-34(14-12-20-59-28(6)53)26(4)40-22-30-16-18-36(48-30)35-17-15-29(47-35)21-39-25(3)33(13-11-19-58-27(5)52)41(23-37(31)49-38)50(39)43(45(54)56-7)44(51(40)42)46(55)57-8/h15-18,21-24,43-44,49H,9-14,19-20H2,1-8H3. The smallest absolute Gasteiger partial charge is 0.331 e. The quantitative estimate of drug-likeness (QED) is 0.150. The summed E-state index contributed by atoms with van der Waals surface area (Å²) < 4.78 is 26.0. The van der Waals surface area contributed by atoms with Gasteiger partial charge in [0.1, 0.15) is 0 Å². The number of H-pyrrole nitrogens is 1. The lowest BCUT2D eigenvalue weighted by molar-refractivity contribution is -0.155. The number of hydrogen-bond donors (Lipinski definition) is 1. The van der Waals surface area contributed by atoms with Crippen molar-refractivity contribution in [3.05, 3.63) is 103 Å². The second-order valence-corrected chi connectivity index (χ2v) is 15.0. The van der Waals surface area contributed by atoms with Crippen LogP contribution in [0.25, 0.3) is 24.3 Å². The van der Waals surface area contributed by atoms with Crippen molar-refractivity contribution in [2.75, 3.05) is 27.4 Å². The Labute approximate surface area is 343 Å². The Morgan fingerprint density at radius 3 is 1.37 bits per heavy atom. The van der Waals surface area contributed by atoms with Crippen molar-refractivity contribution in [1.29, 1.82) is 0 Å². The van der Waals surface area contributed by atoms with Gasteiger partial charge in [-0.3, -0.25) is 9.59 Å². The van der Waals surface area contributed by atoms with E-state index in [1.54, 1.807) is 0 Å². The van der Waals surface area contributed by atoms with E-state index in [9.17, 15) is 19.2 Å². The summed E-state index contributed by atoms with van der Waals surface area (Å²) in [5.74, 6) is -2.03. The number of nitrogens with zero attached hydrogens (tertiary/aromatic N) is 4. The molecule has 0 fully saturated rings. The van der Waals surface area contributed by atoms with Crippen molar-refractivity contribution in [1.82, 2.24) is 14.1 Å². The van der Waals surface area contributed by atoms with Crippen molar-refractivity contribution >= 4 is 59.6 Å². The Morgan fingerprint density at radius 2 is 1.02 bits per heavy atom. The Hall–Kier alpha value is -6.24. The largest absolute Gasteiger partial charge is 0.467 e. The van der Waals surface area contributed by atoms with Crippen LogP contribution in [-0.2, 0) is 63.8 Å². The monoisotopic (exact) mass is 801 g/mol. The van der Waals surface area contributed by atoms with E-state index in [4.69, 9.17) is 28.9 Å². The SMILES string of the molecule is CCc1c(CC)c2[nH]c1=Cc1c(CCCOC(C)=O)c(C)c3n1C(C(=O)OC)C(C(=O)OC)n1c(c(C)c(CCCOC(C)=O)c1C=2)C=C1C=CC(=N1)C1=NC(=C3)C=C1. The van der Waals surface area contributed by atoms with E-state index in [2.05, 4.69) is 31.0 Å². The van der Waals surface area contributed by atoms with Gasteiger partial charge in [-0.15, -0.1) is 0 Å². The van der Waals surface area contributed by atoms with Crippen molar-refractivity contribution in [3.63, 3.8) is 0 Å². The lowest BCUT2D eigenvalue weighted by atomic mass is 10.0. The minimum Gasteiger partial charge on any atom is -0.467 e. The molecule has 0 spiro atoms. The molecular weight excluding hydrogens is 751 g/mol. The number of hydrogen-bond acceptors (Lipinski definition) is 10. The number of rotatable bonds is 12. The maximum absolute atomic E-state index is 14.8. The van der Waals surface area contributed by atoms with Gasteiger partial charge in [0.15, 0.2) is 12.1 Å². The van der Waals surface area contributed by atoms with Gasteiger partial charge in [-0.1, -0.05) is 13.8 Å². The van der Waals surface area contributed by atoms with Gasteiger partial charge >= 0.3 is 23.9 Å². The zero-order valence-corrected chi connectivity index (χ0v) is 35.0. The Morgan fingerprint density at radius 1 is 0.610 bits per heavy atom. The third-order valence-corrected chi connectivity index (χ3v) is 11.5. The van der Waals surface area contributed by atoms with E-state index in [0.29, 0.717) is 71.3 Å². The first-order chi connectivity index (χ1) is 28.4. The molecule has 7 rings (SSSR count). The molecule has 59 heavy (non-hydrogen) atoms. The third-order valence-electron chi connectivity index (χ3n) is 11.5. The van der Waals surface area contributed by atoms with Crippen LogP contribution in [-0.4, -0.2) is 76.9 Å². The number of aliphatic imine (C=N–C) groups is 2. The van der Waals surface area contributed by atoms with E-state index < -0.39 is 24.0 Å². The number of esters is 4. The van der Waals surface area contributed by atoms with Crippen LogP contribution < -0.4 is 10.7 Å². The summed E-state index contributed by atoms with van der Waals surface area (Å²) in [6.07, 6.45) is 19.2. The molecule has 308 valence electrons. The summed E-state index contributed by atoms with van der Waals surface area (Å²) in [4.78, 5) is 67.0. The average molecular weight is 802 g/mol. The second kappa shape index (κ2) is 16.9. The number of fused-ring (bicyclic) bond motifs is 6. The molecule has 4 aliphatic rings. The van der Waals surface area contributed by atoms with Gasteiger partial charge < -0.3 is 33.1 Å². The zero-order chi connectivity index (χ0) is 42.1. The summed E-state index contributed by atoms with van der Waals surface area (Å²) in [7, 11) is 2.65. The highest BCUT2D eigenvalue weighted by molar-refractivity contribution is 6.52. The van der Waals surface area contributed by atoms with Gasteiger partial charge in [-0.25, -0.2) is 19.6 Å². The maximum atomic E-state index is 14.8. The Balaban J connectivity index is 1.70. The minimum atomic E-state index is -1.30. The number of carbonyl (C=O) groups excluding carboxylic acids is 4. The lowest BCUT2D eigenvalue weighted by Crippen LogP contribution is -2.38. The van der Waals surface area contributed by atoms with Crippen LogP contribution in [0.1, 0.15) is 109 Å². The highest BCUT2D eigenvalue weighted by atomic mass is 16.5. The number of aromatic amines is 1. The summed E-state index contributed by atoms with van der Waals surface area (Å²) in [5, 5.41) is 1.75. The van der Waals surface area contributed by atoms with Crippen LogP contribution in [0.2, 0.25) is 0 Å². The predicted octanol–water partition coefficient (Wildman–Crippen LogP) is 5.17. The number of allylic oxidation sites excluding steroid dienone is 4. The fourth-order valence-corrected chi connectivity index (χ4v) is 8.86. The number of methoxy groups -OCH3 is 2. The molecule has 13 heteroatoms. The molecule has 0 saturated carbocycles. The molecule has 13 nitrogen and oxygen atoms in total. The summed E-state index contributed by atoms with van der Waals surface area (Å²) in [6.45, 7) is 11.5. The fraction of sp³-hybridized carbons (Fsp3) is 0.391. The van der Waals surface area contributed by atoms with Gasteiger partial charge in [0.05, 0.1) is 50.3 Å². The Bertz CT molecular complexity index is 2410. The number of carbonyl (C=O) groups is 4. The van der Waals surface area contributed by atoms with E-state index in [1.807, 2.05) is 59.4 Å². The van der Waals surface area contributed by atoms with Crippen molar-refractivity contribution in [3.8, 4) is 0 Å². The summed E-state index contributed by atoms with van der Waals surface area (Å²) in [6, 6.07) is -2.60. The molecule has 0 radical (unpaired) electrons. The van der Waals surface area contributed by atoms with E-state index in [0.717, 1.165) is 56.9 Å². The minimum absolute atomic E-state index is 0.207. The molecule has 1 N–H and O–H groups in total. The second-order valence-electron chi connectivity index (χ2n) is 15.0. The van der Waals surface area contributed by atoms with Crippen LogP contribution in [0, 0.1) is 13.8 Å². The van der Waals surface area contributed by atoms with Crippen LogP contribution >= 0.6 is 0 Å². The number of aromatic nitrogens is 3. The van der Waals surface area contributed by atoms with Crippen LogP contribution in [0.15, 0.2) is 45.7 Å². The number of ether oxygens (including phenoxy) is 4. The maximum Gasteiger partial charge on any atom is 0.331 e. The highest BCUT2D eigenvalue weighted by Crippen LogP contribution is 2.41. The van der Waals surface area contributed by atoms with Crippen LogP contribution in [0.5, 0.6) is 0 Å². The van der Waals surface area contributed by atoms with Gasteiger partial charge in [0, 0.05) is 47.3 Å². The molecule has 0 amide bonds. The van der Waals surface area contributed by atoms with Crippen molar-refractivity contribution in [2.24, 2.45) is 9.98 Å². The molecule has 8 bridgehead atoms. The normalized spacial score (nSPS) is 17.2. The molecule has 0 aromatic carbocycles. The number of nitrogens with one attached hydrogen (secondary N) is 1. The molecule has 3 aromatic rings. The van der Waals surface area contributed by atoms with Crippen LogP contribution in [0.4, 0.5) is 0 Å². The first-order valence-corrected chi connectivity index (χ1v) is 20.2. The predicted molar refractivity (Wildman–Crippen MR) is 225 cm³/mol. The topological polar surface area (TPSA) is 156 Å². The zero-order valence-electron chi connectivity index (χ0n) is 35.0. The molecule has 7 heterocycles. The van der Waals surface area contributed by atoms with Gasteiger partial charge in [0.25, 0.3) is 0 Å². The van der Waals surface area contributed by atoms with Crippen LogP contribution in [0.3, 0.4) is 0 Å². The Kier molecular flexibility index (Phi) is 11.7.